The van der Waals surface area contributed by atoms with Crippen LogP contribution in [0.25, 0.3) is 0 Å². The van der Waals surface area contributed by atoms with Crippen molar-refractivity contribution in [2.45, 2.75) is 6.54 Å². The van der Waals surface area contributed by atoms with Crippen molar-refractivity contribution in [3.05, 3.63) is 35.2 Å². The molecule has 0 amide bonds. The Bertz CT molecular complexity index is 530. The van der Waals surface area contributed by atoms with Gasteiger partial charge in [-0.3, -0.25) is 4.68 Å². The molecule has 0 spiro atoms. The molecular weight excluding hydrogens is 240 g/mol. The average Bonchev–Trinajstić information content (AvgIpc) is 2.84. The second kappa shape index (κ2) is 5.27. The fourth-order valence-electron chi connectivity index (χ4n) is 1.27. The summed E-state index contributed by atoms with van der Waals surface area (Å²) in [6, 6.07) is 5.30. The Morgan fingerprint density at radius 1 is 1.47 bits per heavy atom. The zero-order chi connectivity index (χ0) is 12.1. The lowest BCUT2D eigenvalue weighted by Crippen LogP contribution is -2.12. The van der Waals surface area contributed by atoms with Crippen molar-refractivity contribution >= 4 is 17.4 Å². The molecule has 17 heavy (non-hydrogen) atoms. The monoisotopic (exact) mass is 248 g/mol. The second-order valence-corrected chi connectivity index (χ2v) is 3.64. The molecular formula is C10H9ClN6. The Hall–Kier alpha value is -2.13. The van der Waals surface area contributed by atoms with E-state index in [1.807, 2.05) is 6.07 Å². The first-order chi connectivity index (χ1) is 8.29. The Morgan fingerprint density at radius 2 is 2.35 bits per heavy atom. The summed E-state index contributed by atoms with van der Waals surface area (Å²) in [5, 5.41) is 19.7. The normalized spacial score (nSPS) is 9.88. The van der Waals surface area contributed by atoms with Gasteiger partial charge < -0.3 is 5.32 Å². The van der Waals surface area contributed by atoms with Crippen LogP contribution in [0.4, 0.5) is 5.82 Å². The number of rotatable bonds is 4. The van der Waals surface area contributed by atoms with Crippen LogP contribution in [-0.4, -0.2) is 26.5 Å². The molecule has 0 aliphatic rings. The van der Waals surface area contributed by atoms with E-state index >= 15 is 0 Å². The van der Waals surface area contributed by atoms with Crippen LogP contribution in [0.2, 0.25) is 5.02 Å². The first kappa shape index (κ1) is 11.4. The molecule has 2 aromatic heterocycles. The molecule has 2 aromatic rings. The summed E-state index contributed by atoms with van der Waals surface area (Å²) in [6.45, 7) is 1.31. The molecule has 0 aromatic carbocycles. The predicted octanol–water partition coefficient (Wildman–Crippen LogP) is 1.31. The van der Waals surface area contributed by atoms with Crippen LogP contribution < -0.4 is 5.32 Å². The van der Waals surface area contributed by atoms with Gasteiger partial charge in [-0.05, 0) is 12.1 Å². The molecule has 0 unspecified atom stereocenters. The third-order valence-electron chi connectivity index (χ3n) is 2.07. The number of anilines is 1. The topological polar surface area (TPSA) is 79.4 Å². The molecule has 0 saturated heterocycles. The van der Waals surface area contributed by atoms with E-state index in [2.05, 4.69) is 20.6 Å². The first-order valence-electron chi connectivity index (χ1n) is 4.94. The number of hydrogen-bond acceptors (Lipinski definition) is 5. The molecule has 0 bridgehead atoms. The second-order valence-electron chi connectivity index (χ2n) is 3.23. The fraction of sp³-hybridized carbons (Fsp3) is 0.200. The predicted molar refractivity (Wildman–Crippen MR) is 62.5 cm³/mol. The third kappa shape index (κ3) is 2.92. The highest BCUT2D eigenvalue weighted by atomic mass is 35.5. The van der Waals surface area contributed by atoms with Crippen LogP contribution in [0.15, 0.2) is 24.5 Å². The number of hydrogen-bond donors (Lipinski definition) is 1. The summed E-state index contributed by atoms with van der Waals surface area (Å²) in [5.41, 5.74) is 0.220. The van der Waals surface area contributed by atoms with Gasteiger partial charge in [0.05, 0.1) is 17.8 Å². The maximum atomic E-state index is 8.77. The number of nitrogens with one attached hydrogen (secondary N) is 1. The van der Waals surface area contributed by atoms with E-state index in [1.165, 1.54) is 0 Å². The molecule has 0 fully saturated rings. The SMILES string of the molecule is N#Cc1nc(NCCn2ccnn2)ccc1Cl. The lowest BCUT2D eigenvalue weighted by atomic mass is 10.3. The van der Waals surface area contributed by atoms with Crippen LogP contribution in [0, 0.1) is 11.3 Å². The number of aromatic nitrogens is 4. The van der Waals surface area contributed by atoms with Crippen molar-refractivity contribution in [1.29, 1.82) is 5.26 Å². The molecule has 0 aliphatic heterocycles. The van der Waals surface area contributed by atoms with Gasteiger partial charge in [-0.2, -0.15) is 5.26 Å². The molecule has 2 heterocycles. The lowest BCUT2D eigenvalue weighted by Gasteiger charge is -2.05. The van der Waals surface area contributed by atoms with Gasteiger partial charge in [0.1, 0.15) is 11.9 Å². The van der Waals surface area contributed by atoms with Crippen molar-refractivity contribution in [1.82, 2.24) is 20.0 Å². The van der Waals surface area contributed by atoms with E-state index in [-0.39, 0.29) is 5.69 Å². The summed E-state index contributed by atoms with van der Waals surface area (Å²) in [4.78, 5) is 4.06. The van der Waals surface area contributed by atoms with Crippen molar-refractivity contribution in [2.75, 3.05) is 11.9 Å². The van der Waals surface area contributed by atoms with E-state index in [9.17, 15) is 0 Å². The van der Waals surface area contributed by atoms with Crippen molar-refractivity contribution in [2.24, 2.45) is 0 Å². The van der Waals surface area contributed by atoms with Gasteiger partial charge in [0.25, 0.3) is 0 Å². The summed E-state index contributed by atoms with van der Waals surface area (Å²) in [5.74, 6) is 0.617. The Morgan fingerprint density at radius 3 is 3.06 bits per heavy atom. The zero-order valence-electron chi connectivity index (χ0n) is 8.84. The molecule has 7 heteroatoms. The minimum absolute atomic E-state index is 0.220. The van der Waals surface area contributed by atoms with Crippen LogP contribution in [0.3, 0.4) is 0 Å². The van der Waals surface area contributed by atoms with Crippen molar-refractivity contribution in [3.8, 4) is 6.07 Å². The van der Waals surface area contributed by atoms with E-state index in [0.717, 1.165) is 0 Å². The lowest BCUT2D eigenvalue weighted by molar-refractivity contribution is 0.608. The maximum Gasteiger partial charge on any atom is 0.161 e. The van der Waals surface area contributed by atoms with Crippen LogP contribution in [-0.2, 0) is 6.54 Å². The van der Waals surface area contributed by atoms with Crippen molar-refractivity contribution in [3.63, 3.8) is 0 Å². The van der Waals surface area contributed by atoms with E-state index in [1.54, 1.807) is 29.2 Å². The Labute approximate surface area is 103 Å². The number of halogens is 1. The maximum absolute atomic E-state index is 8.77. The quantitative estimate of drug-likeness (QED) is 0.883. The summed E-state index contributed by atoms with van der Waals surface area (Å²) in [6.07, 6.45) is 3.39. The molecule has 86 valence electrons. The Kier molecular flexibility index (Phi) is 3.52. The standard InChI is InChI=1S/C10H9ClN6/c11-8-1-2-10(15-9(8)7-12)13-3-5-17-6-4-14-16-17/h1-2,4,6H,3,5H2,(H,13,15). The zero-order valence-corrected chi connectivity index (χ0v) is 9.59. The fourth-order valence-corrected chi connectivity index (χ4v) is 1.42. The molecule has 0 atom stereocenters. The van der Waals surface area contributed by atoms with Crippen LogP contribution in [0.1, 0.15) is 5.69 Å². The van der Waals surface area contributed by atoms with Gasteiger partial charge in [-0.1, -0.05) is 16.8 Å². The molecule has 0 aliphatic carbocycles. The third-order valence-corrected chi connectivity index (χ3v) is 2.38. The van der Waals surface area contributed by atoms with Gasteiger partial charge in [0.15, 0.2) is 5.69 Å². The largest absolute Gasteiger partial charge is 0.368 e. The van der Waals surface area contributed by atoms with E-state index < -0.39 is 0 Å². The Balaban J connectivity index is 1.93. The van der Waals surface area contributed by atoms with Gasteiger partial charge in [0, 0.05) is 12.7 Å². The molecule has 0 saturated carbocycles. The molecule has 0 radical (unpaired) electrons. The number of nitriles is 1. The summed E-state index contributed by atoms with van der Waals surface area (Å²) < 4.78 is 1.70. The van der Waals surface area contributed by atoms with Gasteiger partial charge in [-0.15, -0.1) is 5.10 Å². The highest BCUT2D eigenvalue weighted by molar-refractivity contribution is 6.31. The van der Waals surface area contributed by atoms with Crippen LogP contribution >= 0.6 is 11.6 Å². The highest BCUT2D eigenvalue weighted by Crippen LogP contribution is 2.15. The highest BCUT2D eigenvalue weighted by Gasteiger charge is 2.02. The number of nitrogens with zero attached hydrogens (tertiary/aromatic N) is 5. The number of pyridine rings is 1. The minimum Gasteiger partial charge on any atom is -0.368 e. The van der Waals surface area contributed by atoms with Gasteiger partial charge in [0.2, 0.25) is 0 Å². The minimum atomic E-state index is 0.220. The van der Waals surface area contributed by atoms with Crippen molar-refractivity contribution < 1.29 is 0 Å². The van der Waals surface area contributed by atoms with Crippen LogP contribution in [0.5, 0.6) is 0 Å². The molecule has 2 rings (SSSR count). The van der Waals surface area contributed by atoms with E-state index in [0.29, 0.717) is 23.9 Å². The first-order valence-corrected chi connectivity index (χ1v) is 5.32. The summed E-state index contributed by atoms with van der Waals surface area (Å²) in [7, 11) is 0. The van der Waals surface area contributed by atoms with Gasteiger partial charge in [-0.25, -0.2) is 4.98 Å². The summed E-state index contributed by atoms with van der Waals surface area (Å²) >= 11 is 5.78. The molecule has 1 N–H and O–H groups in total. The molecule has 6 nitrogen and oxygen atoms in total. The van der Waals surface area contributed by atoms with E-state index in [4.69, 9.17) is 16.9 Å². The smallest absolute Gasteiger partial charge is 0.161 e. The average molecular weight is 249 g/mol. The van der Waals surface area contributed by atoms with Gasteiger partial charge >= 0.3 is 0 Å².